The quantitative estimate of drug-likeness (QED) is 0.779. The van der Waals surface area contributed by atoms with Crippen molar-refractivity contribution in [2.75, 3.05) is 13.1 Å². The molecule has 5 heteroatoms. The van der Waals surface area contributed by atoms with Crippen LogP contribution in [0.3, 0.4) is 0 Å². The molecule has 0 aromatic carbocycles. The Hall–Kier alpha value is -0.940. The second kappa shape index (κ2) is 4.28. The van der Waals surface area contributed by atoms with Crippen LogP contribution in [0.15, 0.2) is 4.52 Å². The summed E-state index contributed by atoms with van der Waals surface area (Å²) in [6.07, 6.45) is 0.854. The van der Waals surface area contributed by atoms with Crippen LogP contribution < -0.4 is 5.73 Å². The first-order chi connectivity index (χ1) is 7.13. The number of aromatic nitrogens is 2. The Balaban J connectivity index is 1.84. The summed E-state index contributed by atoms with van der Waals surface area (Å²) in [6, 6.07) is 0.326. The maximum atomic E-state index is 5.69. The molecule has 1 saturated heterocycles. The average molecular weight is 210 g/mol. The van der Waals surface area contributed by atoms with Crippen molar-refractivity contribution < 1.29 is 4.52 Å². The summed E-state index contributed by atoms with van der Waals surface area (Å²) in [5.74, 6) is 2.07. The first-order valence-corrected chi connectivity index (χ1v) is 5.43. The molecule has 0 aliphatic carbocycles. The summed E-state index contributed by atoms with van der Waals surface area (Å²) in [7, 11) is 0. The van der Waals surface area contributed by atoms with E-state index in [0.29, 0.717) is 12.0 Å². The lowest BCUT2D eigenvalue weighted by Crippen LogP contribution is -2.55. The van der Waals surface area contributed by atoms with E-state index in [4.69, 9.17) is 10.3 Å². The smallest absolute Gasteiger partial charge is 0.226 e. The van der Waals surface area contributed by atoms with Crippen molar-refractivity contribution in [2.45, 2.75) is 32.9 Å². The van der Waals surface area contributed by atoms with E-state index in [1.54, 1.807) is 0 Å². The van der Waals surface area contributed by atoms with Gasteiger partial charge in [-0.05, 0) is 5.92 Å². The van der Waals surface area contributed by atoms with Gasteiger partial charge in [-0.25, -0.2) is 0 Å². The van der Waals surface area contributed by atoms with E-state index in [1.807, 2.05) is 0 Å². The van der Waals surface area contributed by atoms with E-state index in [0.717, 1.165) is 37.8 Å². The van der Waals surface area contributed by atoms with Gasteiger partial charge in [0.15, 0.2) is 5.82 Å². The summed E-state index contributed by atoms with van der Waals surface area (Å²) < 4.78 is 5.15. The lowest BCUT2D eigenvalue weighted by molar-refractivity contribution is 0.137. The van der Waals surface area contributed by atoms with E-state index < -0.39 is 0 Å². The Morgan fingerprint density at radius 3 is 2.87 bits per heavy atom. The highest BCUT2D eigenvalue weighted by molar-refractivity contribution is 4.91. The van der Waals surface area contributed by atoms with Crippen molar-refractivity contribution in [1.29, 1.82) is 0 Å². The fraction of sp³-hybridized carbons (Fsp3) is 0.800. The molecule has 0 unspecified atom stereocenters. The van der Waals surface area contributed by atoms with Crippen molar-refractivity contribution in [3.63, 3.8) is 0 Å². The number of rotatable bonds is 4. The molecule has 0 saturated carbocycles. The zero-order valence-corrected chi connectivity index (χ0v) is 9.31. The van der Waals surface area contributed by atoms with Crippen LogP contribution in [0.5, 0.6) is 0 Å². The Bertz CT molecular complexity index is 317. The van der Waals surface area contributed by atoms with E-state index in [-0.39, 0.29) is 0 Å². The first-order valence-electron chi connectivity index (χ1n) is 5.43. The molecule has 1 aliphatic rings. The molecule has 0 amide bonds. The van der Waals surface area contributed by atoms with Crippen molar-refractivity contribution in [2.24, 2.45) is 11.7 Å². The molecule has 1 aromatic rings. The molecule has 0 radical (unpaired) electrons. The zero-order valence-electron chi connectivity index (χ0n) is 9.31. The Morgan fingerprint density at radius 1 is 1.53 bits per heavy atom. The monoisotopic (exact) mass is 210 g/mol. The molecule has 0 atom stereocenters. The standard InChI is InChI=1S/C10H18N4O/c1-7(2)3-10-12-9(13-15-10)6-14-4-8(11)5-14/h7-8H,3-6,11H2,1-2H3. The molecule has 2 rings (SSSR count). The van der Waals surface area contributed by atoms with Gasteiger partial charge in [-0.15, -0.1) is 0 Å². The van der Waals surface area contributed by atoms with Gasteiger partial charge in [0.05, 0.1) is 6.54 Å². The number of nitrogens with zero attached hydrogens (tertiary/aromatic N) is 3. The molecule has 5 nitrogen and oxygen atoms in total. The van der Waals surface area contributed by atoms with Gasteiger partial charge in [-0.3, -0.25) is 4.90 Å². The lowest BCUT2D eigenvalue weighted by Gasteiger charge is -2.35. The van der Waals surface area contributed by atoms with Gasteiger partial charge in [-0.1, -0.05) is 19.0 Å². The fourth-order valence-corrected chi connectivity index (χ4v) is 1.73. The van der Waals surface area contributed by atoms with Gasteiger partial charge in [-0.2, -0.15) is 4.98 Å². The second-order valence-corrected chi connectivity index (χ2v) is 4.66. The fourth-order valence-electron chi connectivity index (χ4n) is 1.73. The highest BCUT2D eigenvalue weighted by atomic mass is 16.5. The van der Waals surface area contributed by atoms with E-state index in [1.165, 1.54) is 0 Å². The van der Waals surface area contributed by atoms with Crippen LogP contribution in [0.25, 0.3) is 0 Å². The van der Waals surface area contributed by atoms with Crippen LogP contribution in [-0.2, 0) is 13.0 Å². The first kappa shape index (κ1) is 10.6. The highest BCUT2D eigenvalue weighted by Gasteiger charge is 2.24. The third-order valence-corrected chi connectivity index (χ3v) is 2.44. The number of hydrogen-bond donors (Lipinski definition) is 1. The van der Waals surface area contributed by atoms with Crippen LogP contribution in [0, 0.1) is 5.92 Å². The predicted octanol–water partition coefficient (Wildman–Crippen LogP) is 0.411. The average Bonchev–Trinajstić information content (AvgIpc) is 2.48. The van der Waals surface area contributed by atoms with Gasteiger partial charge in [0.25, 0.3) is 0 Å². The van der Waals surface area contributed by atoms with E-state index in [9.17, 15) is 0 Å². The summed E-state index contributed by atoms with van der Waals surface area (Å²) in [5.41, 5.74) is 5.69. The van der Waals surface area contributed by atoms with E-state index >= 15 is 0 Å². The van der Waals surface area contributed by atoms with Crippen LogP contribution in [-0.4, -0.2) is 34.2 Å². The SMILES string of the molecule is CC(C)Cc1nc(CN2CC(N)C2)no1. The maximum Gasteiger partial charge on any atom is 0.226 e. The molecule has 0 spiro atoms. The normalized spacial score (nSPS) is 18.4. The summed E-state index contributed by atoms with van der Waals surface area (Å²) in [4.78, 5) is 6.55. The number of hydrogen-bond acceptors (Lipinski definition) is 5. The van der Waals surface area contributed by atoms with Crippen LogP contribution >= 0.6 is 0 Å². The molecular weight excluding hydrogens is 192 g/mol. The summed E-state index contributed by atoms with van der Waals surface area (Å²) in [6.45, 7) is 6.91. The summed E-state index contributed by atoms with van der Waals surface area (Å²) in [5, 5.41) is 3.95. The molecular formula is C10H18N4O. The lowest BCUT2D eigenvalue weighted by atomic mass is 10.1. The molecule has 84 valence electrons. The third-order valence-electron chi connectivity index (χ3n) is 2.44. The Morgan fingerprint density at radius 2 is 2.27 bits per heavy atom. The Labute approximate surface area is 89.6 Å². The third kappa shape index (κ3) is 2.76. The van der Waals surface area contributed by atoms with Crippen molar-refractivity contribution in [3.8, 4) is 0 Å². The summed E-state index contributed by atoms with van der Waals surface area (Å²) >= 11 is 0. The van der Waals surface area contributed by atoms with Gasteiger partial charge in [0, 0.05) is 25.6 Å². The highest BCUT2D eigenvalue weighted by Crippen LogP contribution is 2.11. The molecule has 1 aromatic heterocycles. The Kier molecular flexibility index (Phi) is 3.02. The minimum absolute atomic E-state index is 0.326. The van der Waals surface area contributed by atoms with Crippen LogP contribution in [0.2, 0.25) is 0 Å². The van der Waals surface area contributed by atoms with Crippen molar-refractivity contribution >= 4 is 0 Å². The predicted molar refractivity (Wildman–Crippen MR) is 56.1 cm³/mol. The van der Waals surface area contributed by atoms with Gasteiger partial charge < -0.3 is 10.3 Å². The van der Waals surface area contributed by atoms with Gasteiger partial charge >= 0.3 is 0 Å². The minimum Gasteiger partial charge on any atom is -0.339 e. The molecule has 0 bridgehead atoms. The number of nitrogens with two attached hydrogens (primary N) is 1. The van der Waals surface area contributed by atoms with Crippen molar-refractivity contribution in [1.82, 2.24) is 15.0 Å². The maximum absolute atomic E-state index is 5.69. The molecule has 2 heterocycles. The van der Waals surface area contributed by atoms with Crippen LogP contribution in [0.4, 0.5) is 0 Å². The van der Waals surface area contributed by atoms with E-state index in [2.05, 4.69) is 28.9 Å². The second-order valence-electron chi connectivity index (χ2n) is 4.66. The van der Waals surface area contributed by atoms with Gasteiger partial charge in [0.2, 0.25) is 5.89 Å². The molecule has 15 heavy (non-hydrogen) atoms. The minimum atomic E-state index is 0.326. The van der Waals surface area contributed by atoms with Crippen LogP contribution in [0.1, 0.15) is 25.6 Å². The molecule has 1 aliphatic heterocycles. The molecule has 1 fully saturated rings. The number of likely N-dealkylation sites (tertiary alicyclic amines) is 1. The van der Waals surface area contributed by atoms with Crippen molar-refractivity contribution in [3.05, 3.63) is 11.7 Å². The van der Waals surface area contributed by atoms with Gasteiger partial charge in [0.1, 0.15) is 0 Å². The molecule has 2 N–H and O–H groups in total. The topological polar surface area (TPSA) is 68.2 Å². The largest absolute Gasteiger partial charge is 0.339 e. The zero-order chi connectivity index (χ0) is 10.8.